The van der Waals surface area contributed by atoms with Crippen molar-refractivity contribution < 1.29 is 5.11 Å². The maximum Gasteiger partial charge on any atom is 0.0682 e. The van der Waals surface area contributed by atoms with Crippen LogP contribution in [0.3, 0.4) is 0 Å². The fraction of sp³-hybridized carbons (Fsp3) is 0.0714. The highest BCUT2D eigenvalue weighted by molar-refractivity contribution is 5.68. The standard InChI is InChI=1S/C14H13NO/c16-11-13-5-3-4-12(10-13)7-8-14-6-1-2-9-15-14/h1-10,16H,11H2. The van der Waals surface area contributed by atoms with Gasteiger partial charge in [0.15, 0.2) is 0 Å². The first-order chi connectivity index (χ1) is 7.88. The molecule has 0 saturated carbocycles. The Morgan fingerprint density at radius 3 is 2.75 bits per heavy atom. The molecule has 0 fully saturated rings. The highest BCUT2D eigenvalue weighted by atomic mass is 16.3. The zero-order valence-corrected chi connectivity index (χ0v) is 8.88. The fourth-order valence-electron chi connectivity index (χ4n) is 1.45. The Hall–Kier alpha value is -1.93. The Balaban J connectivity index is 2.17. The molecule has 0 aliphatic carbocycles. The van der Waals surface area contributed by atoms with Gasteiger partial charge in [-0.2, -0.15) is 0 Å². The average molecular weight is 211 g/mol. The highest BCUT2D eigenvalue weighted by Crippen LogP contribution is 2.09. The van der Waals surface area contributed by atoms with Crippen LogP contribution < -0.4 is 0 Å². The zero-order chi connectivity index (χ0) is 11.2. The van der Waals surface area contributed by atoms with Crippen LogP contribution in [0, 0.1) is 0 Å². The van der Waals surface area contributed by atoms with E-state index in [4.69, 9.17) is 5.11 Å². The third-order valence-corrected chi connectivity index (χ3v) is 2.27. The molecule has 0 amide bonds. The summed E-state index contributed by atoms with van der Waals surface area (Å²) in [5.41, 5.74) is 2.91. The minimum atomic E-state index is 0.0747. The van der Waals surface area contributed by atoms with Crippen molar-refractivity contribution in [3.63, 3.8) is 0 Å². The van der Waals surface area contributed by atoms with E-state index < -0.39 is 0 Å². The number of hydrogen-bond donors (Lipinski definition) is 1. The fourth-order valence-corrected chi connectivity index (χ4v) is 1.45. The number of rotatable bonds is 3. The van der Waals surface area contributed by atoms with Gasteiger partial charge in [0.1, 0.15) is 0 Å². The van der Waals surface area contributed by atoms with Crippen LogP contribution in [0.4, 0.5) is 0 Å². The van der Waals surface area contributed by atoms with Crippen LogP contribution in [0.1, 0.15) is 16.8 Å². The quantitative estimate of drug-likeness (QED) is 0.846. The van der Waals surface area contributed by atoms with Crippen molar-refractivity contribution in [1.29, 1.82) is 0 Å². The molecule has 1 aromatic carbocycles. The maximum absolute atomic E-state index is 9.01. The van der Waals surface area contributed by atoms with Gasteiger partial charge in [0.25, 0.3) is 0 Å². The molecule has 2 heteroatoms. The second kappa shape index (κ2) is 5.24. The summed E-state index contributed by atoms with van der Waals surface area (Å²) < 4.78 is 0. The molecule has 0 aliphatic heterocycles. The molecule has 80 valence electrons. The first-order valence-electron chi connectivity index (χ1n) is 5.17. The van der Waals surface area contributed by atoms with Gasteiger partial charge in [-0.3, -0.25) is 4.98 Å². The zero-order valence-electron chi connectivity index (χ0n) is 8.88. The van der Waals surface area contributed by atoms with Crippen LogP contribution in [0.15, 0.2) is 48.7 Å². The summed E-state index contributed by atoms with van der Waals surface area (Å²) in [6.45, 7) is 0.0747. The van der Waals surface area contributed by atoms with Crippen molar-refractivity contribution in [2.45, 2.75) is 6.61 Å². The second-order valence-electron chi connectivity index (χ2n) is 3.49. The molecule has 0 saturated heterocycles. The lowest BCUT2D eigenvalue weighted by Crippen LogP contribution is -1.83. The monoisotopic (exact) mass is 211 g/mol. The Morgan fingerprint density at radius 2 is 2.00 bits per heavy atom. The van der Waals surface area contributed by atoms with Gasteiger partial charge in [-0.15, -0.1) is 0 Å². The molecule has 2 rings (SSSR count). The molecule has 2 nitrogen and oxygen atoms in total. The van der Waals surface area contributed by atoms with E-state index >= 15 is 0 Å². The van der Waals surface area contributed by atoms with Crippen molar-refractivity contribution in [3.05, 3.63) is 65.5 Å². The molecule has 0 aliphatic rings. The van der Waals surface area contributed by atoms with Gasteiger partial charge in [-0.05, 0) is 35.4 Å². The summed E-state index contributed by atoms with van der Waals surface area (Å²) in [4.78, 5) is 4.20. The van der Waals surface area contributed by atoms with Gasteiger partial charge in [0.2, 0.25) is 0 Å². The third kappa shape index (κ3) is 2.78. The molecule has 16 heavy (non-hydrogen) atoms. The molecule has 0 spiro atoms. The summed E-state index contributed by atoms with van der Waals surface area (Å²) in [5, 5.41) is 9.01. The van der Waals surface area contributed by atoms with Crippen molar-refractivity contribution in [3.8, 4) is 0 Å². The molecular weight excluding hydrogens is 198 g/mol. The van der Waals surface area contributed by atoms with Crippen LogP contribution in [0.25, 0.3) is 12.2 Å². The number of pyridine rings is 1. The molecule has 0 unspecified atom stereocenters. The van der Waals surface area contributed by atoms with Crippen molar-refractivity contribution in [2.75, 3.05) is 0 Å². The van der Waals surface area contributed by atoms with E-state index in [1.54, 1.807) is 6.20 Å². The van der Waals surface area contributed by atoms with E-state index in [1.165, 1.54) is 0 Å². The van der Waals surface area contributed by atoms with Gasteiger partial charge in [-0.1, -0.05) is 30.3 Å². The summed E-state index contributed by atoms with van der Waals surface area (Å²) in [7, 11) is 0. The van der Waals surface area contributed by atoms with E-state index in [9.17, 15) is 0 Å². The minimum absolute atomic E-state index is 0.0747. The molecular formula is C14H13NO. The number of aliphatic hydroxyl groups is 1. The first kappa shape index (κ1) is 10.6. The second-order valence-corrected chi connectivity index (χ2v) is 3.49. The third-order valence-electron chi connectivity index (χ3n) is 2.27. The Morgan fingerprint density at radius 1 is 1.06 bits per heavy atom. The molecule has 0 atom stereocenters. The van der Waals surface area contributed by atoms with Gasteiger partial charge < -0.3 is 5.11 Å². The maximum atomic E-state index is 9.01. The minimum Gasteiger partial charge on any atom is -0.392 e. The van der Waals surface area contributed by atoms with Crippen LogP contribution in [0.2, 0.25) is 0 Å². The predicted octanol–water partition coefficient (Wildman–Crippen LogP) is 2.74. The summed E-state index contributed by atoms with van der Waals surface area (Å²) in [6, 6.07) is 13.6. The van der Waals surface area contributed by atoms with Crippen LogP contribution >= 0.6 is 0 Å². The van der Waals surface area contributed by atoms with Gasteiger partial charge in [-0.25, -0.2) is 0 Å². The van der Waals surface area contributed by atoms with E-state index in [-0.39, 0.29) is 6.61 Å². The van der Waals surface area contributed by atoms with E-state index in [2.05, 4.69) is 4.98 Å². The summed E-state index contributed by atoms with van der Waals surface area (Å²) in [6.07, 6.45) is 5.71. The van der Waals surface area contributed by atoms with Gasteiger partial charge in [0, 0.05) is 6.20 Å². The SMILES string of the molecule is OCc1cccc(C=Cc2ccccn2)c1. The summed E-state index contributed by atoms with van der Waals surface area (Å²) in [5.74, 6) is 0. The molecule has 0 radical (unpaired) electrons. The highest BCUT2D eigenvalue weighted by Gasteiger charge is 1.91. The normalized spacial score (nSPS) is 10.8. The lowest BCUT2D eigenvalue weighted by Gasteiger charge is -1.97. The average Bonchev–Trinajstić information content (AvgIpc) is 2.38. The molecule has 1 N–H and O–H groups in total. The smallest absolute Gasteiger partial charge is 0.0682 e. The number of hydrogen-bond acceptors (Lipinski definition) is 2. The van der Waals surface area contributed by atoms with Crippen molar-refractivity contribution in [1.82, 2.24) is 4.98 Å². The van der Waals surface area contributed by atoms with Crippen LogP contribution in [-0.2, 0) is 6.61 Å². The summed E-state index contributed by atoms with van der Waals surface area (Å²) >= 11 is 0. The van der Waals surface area contributed by atoms with Gasteiger partial charge >= 0.3 is 0 Å². The van der Waals surface area contributed by atoms with E-state index in [0.717, 1.165) is 16.8 Å². The number of nitrogens with zero attached hydrogens (tertiary/aromatic N) is 1. The molecule has 2 aromatic rings. The molecule has 1 aromatic heterocycles. The Labute approximate surface area is 94.9 Å². The number of aromatic nitrogens is 1. The number of aliphatic hydroxyl groups excluding tert-OH is 1. The van der Waals surface area contributed by atoms with Crippen LogP contribution in [0.5, 0.6) is 0 Å². The largest absolute Gasteiger partial charge is 0.392 e. The lowest BCUT2D eigenvalue weighted by molar-refractivity contribution is 0.282. The van der Waals surface area contributed by atoms with E-state index in [1.807, 2.05) is 54.6 Å². The van der Waals surface area contributed by atoms with E-state index in [0.29, 0.717) is 0 Å². The topological polar surface area (TPSA) is 33.1 Å². The number of benzene rings is 1. The molecule has 0 bridgehead atoms. The lowest BCUT2D eigenvalue weighted by atomic mass is 10.1. The Kier molecular flexibility index (Phi) is 3.46. The van der Waals surface area contributed by atoms with Crippen LogP contribution in [-0.4, -0.2) is 10.1 Å². The Bertz CT molecular complexity index is 477. The van der Waals surface area contributed by atoms with Gasteiger partial charge in [0.05, 0.1) is 12.3 Å². The van der Waals surface area contributed by atoms with Crippen molar-refractivity contribution >= 4 is 12.2 Å². The van der Waals surface area contributed by atoms with Crippen molar-refractivity contribution in [2.24, 2.45) is 0 Å². The molecule has 1 heterocycles. The predicted molar refractivity (Wildman–Crippen MR) is 65.5 cm³/mol. The first-order valence-corrected chi connectivity index (χ1v) is 5.17.